The monoisotopic (exact) mass is 234 g/mol. The Morgan fingerprint density at radius 1 is 1.38 bits per heavy atom. The number of benzene rings is 1. The molecular formula is C9H9F3N2O2. The van der Waals surface area contributed by atoms with E-state index >= 15 is 0 Å². The van der Waals surface area contributed by atoms with Crippen molar-refractivity contribution in [2.24, 2.45) is 5.73 Å². The van der Waals surface area contributed by atoms with Gasteiger partial charge in [-0.2, -0.15) is 0 Å². The molecule has 0 spiro atoms. The number of rotatable bonds is 3. The van der Waals surface area contributed by atoms with Crippen molar-refractivity contribution in [2.75, 3.05) is 0 Å². The number of nitro groups is 1. The molecule has 0 bridgehead atoms. The van der Waals surface area contributed by atoms with Gasteiger partial charge < -0.3 is 5.73 Å². The molecule has 0 saturated carbocycles. The maximum atomic E-state index is 13.4. The summed E-state index contributed by atoms with van der Waals surface area (Å²) >= 11 is 0. The van der Waals surface area contributed by atoms with Crippen LogP contribution in [-0.2, 0) is 0 Å². The molecular weight excluding hydrogens is 225 g/mol. The van der Waals surface area contributed by atoms with Crippen molar-refractivity contribution in [3.8, 4) is 0 Å². The van der Waals surface area contributed by atoms with Crippen LogP contribution in [0.5, 0.6) is 0 Å². The van der Waals surface area contributed by atoms with E-state index in [0.29, 0.717) is 6.07 Å². The fourth-order valence-corrected chi connectivity index (χ4v) is 1.25. The maximum absolute atomic E-state index is 13.4. The third-order valence-electron chi connectivity index (χ3n) is 2.05. The zero-order valence-corrected chi connectivity index (χ0v) is 8.28. The molecule has 0 heterocycles. The van der Waals surface area contributed by atoms with E-state index in [0.717, 1.165) is 6.07 Å². The van der Waals surface area contributed by atoms with Crippen molar-refractivity contribution in [3.05, 3.63) is 39.2 Å². The van der Waals surface area contributed by atoms with Crippen LogP contribution in [0.2, 0.25) is 0 Å². The topological polar surface area (TPSA) is 69.2 Å². The van der Waals surface area contributed by atoms with Crippen molar-refractivity contribution >= 4 is 5.69 Å². The third-order valence-corrected chi connectivity index (χ3v) is 2.05. The summed E-state index contributed by atoms with van der Waals surface area (Å²) in [6, 6.07) is 0.495. The average molecular weight is 234 g/mol. The van der Waals surface area contributed by atoms with E-state index < -0.39 is 34.5 Å². The van der Waals surface area contributed by atoms with Crippen LogP contribution in [0.25, 0.3) is 0 Å². The summed E-state index contributed by atoms with van der Waals surface area (Å²) in [5, 5.41) is 10.5. The summed E-state index contributed by atoms with van der Waals surface area (Å²) in [7, 11) is 0. The molecule has 1 aromatic rings. The van der Waals surface area contributed by atoms with Crippen LogP contribution in [0.1, 0.15) is 30.5 Å². The molecule has 1 unspecified atom stereocenters. The van der Waals surface area contributed by atoms with Gasteiger partial charge in [0.2, 0.25) is 0 Å². The molecule has 0 aliphatic heterocycles. The molecule has 7 heteroatoms. The van der Waals surface area contributed by atoms with E-state index in [2.05, 4.69) is 0 Å². The first-order chi connectivity index (χ1) is 7.34. The van der Waals surface area contributed by atoms with Gasteiger partial charge in [-0.1, -0.05) is 0 Å². The molecule has 0 saturated heterocycles. The zero-order chi connectivity index (χ0) is 12.5. The Balaban J connectivity index is 3.45. The summed E-state index contributed by atoms with van der Waals surface area (Å²) in [6.45, 7) is 1.36. The molecule has 0 radical (unpaired) electrons. The van der Waals surface area contributed by atoms with Crippen molar-refractivity contribution in [1.29, 1.82) is 0 Å². The highest BCUT2D eigenvalue weighted by atomic mass is 19.3. The second-order valence-corrected chi connectivity index (χ2v) is 3.28. The summed E-state index contributed by atoms with van der Waals surface area (Å²) in [5.74, 6) is -1.18. The fourth-order valence-electron chi connectivity index (χ4n) is 1.25. The lowest BCUT2D eigenvalue weighted by molar-refractivity contribution is -0.385. The Morgan fingerprint density at radius 3 is 2.25 bits per heavy atom. The van der Waals surface area contributed by atoms with Crippen LogP contribution in [0.15, 0.2) is 12.1 Å². The van der Waals surface area contributed by atoms with E-state index in [4.69, 9.17) is 5.73 Å². The number of nitro benzene ring substituents is 1. The first kappa shape index (κ1) is 12.4. The molecule has 1 rings (SSSR count). The largest absolute Gasteiger partial charge is 0.324 e. The lowest BCUT2D eigenvalue weighted by Gasteiger charge is -2.10. The van der Waals surface area contributed by atoms with Crippen LogP contribution >= 0.6 is 0 Å². The molecule has 1 atom stereocenters. The molecule has 0 fully saturated rings. The predicted molar refractivity (Wildman–Crippen MR) is 50.6 cm³/mol. The Morgan fingerprint density at radius 2 is 1.88 bits per heavy atom. The first-order valence-electron chi connectivity index (χ1n) is 4.36. The molecule has 1 aromatic carbocycles. The smallest absolute Gasteiger partial charge is 0.270 e. The van der Waals surface area contributed by atoms with E-state index in [9.17, 15) is 23.3 Å². The van der Waals surface area contributed by atoms with Crippen LogP contribution in [0, 0.1) is 15.9 Å². The molecule has 2 N–H and O–H groups in total. The predicted octanol–water partition coefficient (Wildman–Crippen LogP) is 2.69. The van der Waals surface area contributed by atoms with Gasteiger partial charge in [0.25, 0.3) is 12.1 Å². The Labute approximate surface area is 89.0 Å². The maximum Gasteiger partial charge on any atom is 0.270 e. The molecule has 16 heavy (non-hydrogen) atoms. The average Bonchev–Trinajstić information content (AvgIpc) is 2.16. The molecule has 4 nitrogen and oxygen atoms in total. The number of hydrogen-bond donors (Lipinski definition) is 1. The Kier molecular flexibility index (Phi) is 3.48. The molecule has 0 aliphatic rings. The van der Waals surface area contributed by atoms with Gasteiger partial charge in [0.15, 0.2) is 0 Å². The van der Waals surface area contributed by atoms with Crippen molar-refractivity contribution < 1.29 is 18.1 Å². The SMILES string of the molecule is CC(N)c1cc([N+](=O)[O-])cc(C(F)F)c1F. The van der Waals surface area contributed by atoms with E-state index in [1.54, 1.807) is 0 Å². The van der Waals surface area contributed by atoms with Gasteiger partial charge in [-0.25, -0.2) is 13.2 Å². The van der Waals surface area contributed by atoms with E-state index in [1.165, 1.54) is 6.92 Å². The summed E-state index contributed by atoms with van der Waals surface area (Å²) in [4.78, 5) is 9.60. The van der Waals surface area contributed by atoms with E-state index in [1.807, 2.05) is 0 Å². The second kappa shape index (κ2) is 4.48. The summed E-state index contributed by atoms with van der Waals surface area (Å²) < 4.78 is 38.3. The Bertz CT molecular complexity index is 392. The van der Waals surface area contributed by atoms with Gasteiger partial charge >= 0.3 is 0 Å². The van der Waals surface area contributed by atoms with Gasteiger partial charge in [0.1, 0.15) is 5.82 Å². The van der Waals surface area contributed by atoms with E-state index in [-0.39, 0.29) is 5.56 Å². The molecule has 0 amide bonds. The van der Waals surface area contributed by atoms with Gasteiger partial charge in [0, 0.05) is 23.7 Å². The number of nitrogens with zero attached hydrogens (tertiary/aromatic N) is 1. The van der Waals surface area contributed by atoms with Crippen LogP contribution in [0.3, 0.4) is 0 Å². The lowest BCUT2D eigenvalue weighted by Crippen LogP contribution is -2.10. The second-order valence-electron chi connectivity index (χ2n) is 3.28. The van der Waals surface area contributed by atoms with Crippen molar-refractivity contribution in [3.63, 3.8) is 0 Å². The normalized spacial score (nSPS) is 12.9. The highest BCUT2D eigenvalue weighted by Gasteiger charge is 2.23. The number of nitrogens with two attached hydrogens (primary N) is 1. The highest BCUT2D eigenvalue weighted by molar-refractivity contribution is 5.42. The van der Waals surface area contributed by atoms with Gasteiger partial charge in [-0.15, -0.1) is 0 Å². The van der Waals surface area contributed by atoms with Crippen molar-refractivity contribution in [2.45, 2.75) is 19.4 Å². The number of alkyl halides is 2. The quantitative estimate of drug-likeness (QED) is 0.645. The fraction of sp³-hybridized carbons (Fsp3) is 0.333. The minimum Gasteiger partial charge on any atom is -0.324 e. The minimum absolute atomic E-state index is 0.287. The van der Waals surface area contributed by atoms with Gasteiger partial charge in [-0.05, 0) is 6.92 Å². The van der Waals surface area contributed by atoms with Crippen molar-refractivity contribution in [1.82, 2.24) is 0 Å². The van der Waals surface area contributed by atoms with Crippen LogP contribution in [-0.4, -0.2) is 4.92 Å². The standard InChI is InChI=1S/C9H9F3N2O2/c1-4(13)6-2-5(14(15)16)3-7(8(6)10)9(11)12/h2-4,9H,13H2,1H3. The summed E-state index contributed by atoms with van der Waals surface area (Å²) in [6.07, 6.45) is -3.11. The van der Waals surface area contributed by atoms with Gasteiger partial charge in [-0.3, -0.25) is 10.1 Å². The zero-order valence-electron chi connectivity index (χ0n) is 8.28. The molecule has 0 aromatic heterocycles. The lowest BCUT2D eigenvalue weighted by atomic mass is 10.0. The number of non-ortho nitro benzene ring substituents is 1. The Hall–Kier alpha value is -1.63. The number of hydrogen-bond acceptors (Lipinski definition) is 3. The van der Waals surface area contributed by atoms with Gasteiger partial charge in [0.05, 0.1) is 10.5 Å². The number of halogens is 3. The summed E-state index contributed by atoms with van der Waals surface area (Å²) in [5.41, 5.74) is 3.47. The molecule has 88 valence electrons. The highest BCUT2D eigenvalue weighted by Crippen LogP contribution is 2.31. The van der Waals surface area contributed by atoms with Crippen LogP contribution < -0.4 is 5.73 Å². The third kappa shape index (κ3) is 2.30. The van der Waals surface area contributed by atoms with Crippen LogP contribution in [0.4, 0.5) is 18.9 Å². The first-order valence-corrected chi connectivity index (χ1v) is 4.36. The minimum atomic E-state index is -3.11. The molecule has 0 aliphatic carbocycles.